The number of sulfonamides is 1. The maximum absolute atomic E-state index is 13.9. The smallest absolute Gasteiger partial charge is 0.264 e. The molecule has 0 saturated carbocycles. The second-order valence-corrected chi connectivity index (χ2v) is 6.87. The Morgan fingerprint density at radius 2 is 1.86 bits per heavy atom. The molecule has 0 spiro atoms. The molecular weight excluding hydrogens is 338 g/mol. The molecule has 0 atom stereocenters. The van der Waals surface area contributed by atoms with E-state index in [9.17, 15) is 12.8 Å². The second-order valence-electron chi connectivity index (χ2n) is 4.38. The number of rotatable bonds is 3. The summed E-state index contributed by atoms with van der Waals surface area (Å²) in [4.78, 5) is -0.621. The van der Waals surface area contributed by atoms with Gasteiger partial charge in [0.05, 0.1) is 11.4 Å². The van der Waals surface area contributed by atoms with E-state index in [0.29, 0.717) is 5.02 Å². The maximum Gasteiger partial charge on any atom is 0.264 e. The summed E-state index contributed by atoms with van der Waals surface area (Å²) < 4.78 is 40.6. The van der Waals surface area contributed by atoms with E-state index in [-0.39, 0.29) is 16.4 Å². The van der Waals surface area contributed by atoms with Crippen molar-refractivity contribution in [3.8, 4) is 0 Å². The fourth-order valence-corrected chi connectivity index (χ4v) is 3.30. The molecule has 2 rings (SSSR count). The Labute approximate surface area is 131 Å². The Bertz CT molecular complexity index is 810. The minimum atomic E-state index is -4.17. The van der Waals surface area contributed by atoms with E-state index in [2.05, 4.69) is 4.72 Å². The molecule has 2 aromatic rings. The lowest BCUT2D eigenvalue weighted by atomic mass is 10.2. The summed E-state index contributed by atoms with van der Waals surface area (Å²) in [5.74, 6) is -1.05. The fourth-order valence-electron chi connectivity index (χ4n) is 1.65. The van der Waals surface area contributed by atoms with Gasteiger partial charge in [-0.25, -0.2) is 12.8 Å². The summed E-state index contributed by atoms with van der Waals surface area (Å²) >= 11 is 11.6. The highest BCUT2D eigenvalue weighted by Gasteiger charge is 2.22. The molecule has 0 fully saturated rings. The molecule has 3 N–H and O–H groups in total. The first-order chi connectivity index (χ1) is 9.70. The van der Waals surface area contributed by atoms with Gasteiger partial charge in [-0.05, 0) is 36.8 Å². The summed E-state index contributed by atoms with van der Waals surface area (Å²) in [5, 5.41) is 0.414. The normalized spacial score (nSPS) is 11.4. The molecular formula is C13H11Cl2FN2O2S. The van der Waals surface area contributed by atoms with Crippen molar-refractivity contribution in [2.75, 3.05) is 10.5 Å². The number of nitrogens with two attached hydrogens (primary N) is 1. The summed E-state index contributed by atoms with van der Waals surface area (Å²) in [7, 11) is -4.17. The van der Waals surface area contributed by atoms with Crippen LogP contribution < -0.4 is 10.5 Å². The van der Waals surface area contributed by atoms with Gasteiger partial charge >= 0.3 is 0 Å². The topological polar surface area (TPSA) is 72.2 Å². The number of halogens is 3. The maximum atomic E-state index is 13.9. The van der Waals surface area contributed by atoms with E-state index in [0.717, 1.165) is 17.7 Å². The fraction of sp³-hybridized carbons (Fsp3) is 0.0769. The number of nitrogens with one attached hydrogen (secondary N) is 1. The van der Waals surface area contributed by atoms with Crippen molar-refractivity contribution in [1.29, 1.82) is 0 Å². The Morgan fingerprint density at radius 1 is 1.19 bits per heavy atom. The lowest BCUT2D eigenvalue weighted by molar-refractivity contribution is 0.573. The molecule has 0 saturated heterocycles. The molecule has 112 valence electrons. The van der Waals surface area contributed by atoms with E-state index in [4.69, 9.17) is 28.9 Å². The second kappa shape index (κ2) is 5.71. The van der Waals surface area contributed by atoms with Crippen LogP contribution in [0.2, 0.25) is 10.0 Å². The SMILES string of the molecule is Cc1ccc(NS(=O)(=O)c2cc(Cl)cc(N)c2F)cc1Cl. The highest BCUT2D eigenvalue weighted by Crippen LogP contribution is 2.28. The summed E-state index contributed by atoms with van der Waals surface area (Å²) in [6.45, 7) is 1.78. The number of nitrogen functional groups attached to an aromatic ring is 1. The molecule has 0 heterocycles. The average molecular weight is 349 g/mol. The summed E-state index contributed by atoms with van der Waals surface area (Å²) in [6, 6.07) is 6.72. The number of benzene rings is 2. The summed E-state index contributed by atoms with van der Waals surface area (Å²) in [5.41, 5.74) is 6.04. The van der Waals surface area contributed by atoms with Crippen molar-refractivity contribution in [1.82, 2.24) is 0 Å². The highest BCUT2D eigenvalue weighted by atomic mass is 35.5. The molecule has 4 nitrogen and oxygen atoms in total. The Hall–Kier alpha value is -1.50. The molecule has 21 heavy (non-hydrogen) atoms. The molecule has 0 aromatic heterocycles. The minimum absolute atomic E-state index is 0.0243. The van der Waals surface area contributed by atoms with E-state index >= 15 is 0 Å². The van der Waals surface area contributed by atoms with Crippen molar-refractivity contribution in [2.45, 2.75) is 11.8 Å². The van der Waals surface area contributed by atoms with Gasteiger partial charge in [-0.1, -0.05) is 29.3 Å². The molecule has 0 aliphatic heterocycles. The quantitative estimate of drug-likeness (QED) is 0.828. The van der Waals surface area contributed by atoms with E-state index in [1.165, 1.54) is 12.1 Å². The number of aryl methyl sites for hydroxylation is 1. The van der Waals surface area contributed by atoms with Gasteiger partial charge in [-0.15, -0.1) is 0 Å². The first kappa shape index (κ1) is 15.9. The van der Waals surface area contributed by atoms with E-state index in [1.54, 1.807) is 13.0 Å². The lowest BCUT2D eigenvalue weighted by Gasteiger charge is -2.11. The van der Waals surface area contributed by atoms with Gasteiger partial charge in [0.2, 0.25) is 0 Å². The molecule has 0 bridgehead atoms. The van der Waals surface area contributed by atoms with Crippen molar-refractivity contribution < 1.29 is 12.8 Å². The van der Waals surface area contributed by atoms with Crippen LogP contribution in [0.5, 0.6) is 0 Å². The van der Waals surface area contributed by atoms with Gasteiger partial charge in [0.1, 0.15) is 4.90 Å². The van der Waals surface area contributed by atoms with Crippen LogP contribution in [0.1, 0.15) is 5.56 Å². The van der Waals surface area contributed by atoms with Crippen LogP contribution in [0.25, 0.3) is 0 Å². The molecule has 0 aliphatic carbocycles. The Balaban J connectivity index is 2.45. The lowest BCUT2D eigenvalue weighted by Crippen LogP contribution is -2.15. The van der Waals surface area contributed by atoms with Crippen LogP contribution in [0.3, 0.4) is 0 Å². The van der Waals surface area contributed by atoms with Gasteiger partial charge in [-0.3, -0.25) is 4.72 Å². The van der Waals surface area contributed by atoms with E-state index < -0.39 is 20.7 Å². The Morgan fingerprint density at radius 3 is 2.48 bits per heavy atom. The molecule has 0 unspecified atom stereocenters. The molecule has 2 aromatic carbocycles. The van der Waals surface area contributed by atoms with Crippen LogP contribution in [-0.4, -0.2) is 8.42 Å². The monoisotopic (exact) mass is 348 g/mol. The van der Waals surface area contributed by atoms with Crippen molar-refractivity contribution in [2.24, 2.45) is 0 Å². The molecule has 0 aliphatic rings. The zero-order valence-corrected chi connectivity index (χ0v) is 13.2. The zero-order valence-electron chi connectivity index (χ0n) is 10.8. The first-order valence-corrected chi connectivity index (χ1v) is 7.98. The predicted molar refractivity (Wildman–Crippen MR) is 82.8 cm³/mol. The van der Waals surface area contributed by atoms with Crippen molar-refractivity contribution >= 4 is 44.6 Å². The third-order valence-corrected chi connectivity index (χ3v) is 4.75. The van der Waals surface area contributed by atoms with Gasteiger partial charge < -0.3 is 5.73 Å². The van der Waals surface area contributed by atoms with Crippen LogP contribution in [0.4, 0.5) is 15.8 Å². The van der Waals surface area contributed by atoms with E-state index in [1.807, 2.05) is 0 Å². The molecule has 0 radical (unpaired) electrons. The van der Waals surface area contributed by atoms with Gasteiger partial charge in [0.25, 0.3) is 10.0 Å². The van der Waals surface area contributed by atoms with Gasteiger partial charge in [-0.2, -0.15) is 0 Å². The summed E-state index contributed by atoms with van der Waals surface area (Å²) in [6.07, 6.45) is 0. The average Bonchev–Trinajstić information content (AvgIpc) is 2.37. The molecule has 8 heteroatoms. The van der Waals surface area contributed by atoms with Crippen molar-refractivity contribution in [3.05, 3.63) is 51.8 Å². The van der Waals surface area contributed by atoms with Crippen molar-refractivity contribution in [3.63, 3.8) is 0 Å². The third-order valence-electron chi connectivity index (χ3n) is 2.75. The van der Waals surface area contributed by atoms with Crippen LogP contribution >= 0.6 is 23.2 Å². The highest BCUT2D eigenvalue weighted by molar-refractivity contribution is 7.92. The number of hydrogen-bond donors (Lipinski definition) is 2. The van der Waals surface area contributed by atoms with Gasteiger partial charge in [0.15, 0.2) is 5.82 Å². The predicted octanol–water partition coefficient (Wildman–Crippen LogP) is 3.82. The number of anilines is 2. The van der Waals surface area contributed by atoms with Crippen LogP contribution in [0.15, 0.2) is 35.2 Å². The minimum Gasteiger partial charge on any atom is -0.396 e. The van der Waals surface area contributed by atoms with Gasteiger partial charge in [0, 0.05) is 10.0 Å². The largest absolute Gasteiger partial charge is 0.396 e. The van der Waals surface area contributed by atoms with Crippen LogP contribution in [0, 0.1) is 12.7 Å². The number of hydrogen-bond acceptors (Lipinski definition) is 3. The first-order valence-electron chi connectivity index (χ1n) is 5.74. The molecule has 0 amide bonds. The standard InChI is InChI=1S/C13H11Cl2FN2O2S/c1-7-2-3-9(6-10(7)15)18-21(19,20)12-5-8(14)4-11(17)13(12)16/h2-6,18H,17H2,1H3. The Kier molecular flexibility index (Phi) is 4.32. The zero-order chi connectivity index (χ0) is 15.8. The van der Waals surface area contributed by atoms with Crippen LogP contribution in [-0.2, 0) is 10.0 Å². The third kappa shape index (κ3) is 3.40.